The molecule has 0 bridgehead atoms. The highest BCUT2D eigenvalue weighted by atomic mass is 19.1. The van der Waals surface area contributed by atoms with Gasteiger partial charge in [-0.2, -0.15) is 0 Å². The van der Waals surface area contributed by atoms with Gasteiger partial charge in [0.15, 0.2) is 0 Å². The van der Waals surface area contributed by atoms with Crippen LogP contribution in [0.4, 0.5) is 8.78 Å². The van der Waals surface area contributed by atoms with Crippen molar-refractivity contribution in [3.05, 3.63) is 109 Å². The van der Waals surface area contributed by atoms with Gasteiger partial charge >= 0.3 is 0 Å². The maximum atomic E-state index is 14.7. The summed E-state index contributed by atoms with van der Waals surface area (Å²) in [5.41, 5.74) is 3.93. The number of rotatable bonds is 3. The molecule has 4 aromatic carbocycles. The van der Waals surface area contributed by atoms with Gasteiger partial charge in [0.25, 0.3) is 0 Å². The topological polar surface area (TPSA) is 0 Å². The van der Waals surface area contributed by atoms with Gasteiger partial charge in [-0.3, -0.25) is 0 Å². The molecule has 0 aliphatic heterocycles. The van der Waals surface area contributed by atoms with Crippen molar-refractivity contribution in [2.24, 2.45) is 0 Å². The normalized spacial score (nSPS) is 10.7. The second kappa shape index (κ2) is 6.93. The summed E-state index contributed by atoms with van der Waals surface area (Å²) in [6.45, 7) is 0. The van der Waals surface area contributed by atoms with E-state index in [4.69, 9.17) is 0 Å². The van der Waals surface area contributed by atoms with Crippen LogP contribution in [-0.4, -0.2) is 0 Å². The van der Waals surface area contributed by atoms with Crippen molar-refractivity contribution in [3.63, 3.8) is 0 Å². The van der Waals surface area contributed by atoms with Crippen LogP contribution in [0.3, 0.4) is 0 Å². The van der Waals surface area contributed by atoms with Crippen LogP contribution in [0.5, 0.6) is 0 Å². The molecule has 0 spiro atoms. The van der Waals surface area contributed by atoms with Gasteiger partial charge in [0.05, 0.1) is 0 Å². The number of hydrogen-bond donors (Lipinski definition) is 0. The van der Waals surface area contributed by atoms with Crippen molar-refractivity contribution in [3.8, 4) is 33.4 Å². The lowest BCUT2D eigenvalue weighted by molar-refractivity contribution is 0.617. The molecule has 0 N–H and O–H groups in total. The van der Waals surface area contributed by atoms with Gasteiger partial charge in [-0.25, -0.2) is 8.78 Å². The maximum Gasteiger partial charge on any atom is 0.131 e. The van der Waals surface area contributed by atoms with E-state index in [2.05, 4.69) is 0 Å². The number of halogens is 2. The Kier molecular flexibility index (Phi) is 4.32. The Morgan fingerprint density at radius 3 is 1.12 bits per heavy atom. The van der Waals surface area contributed by atoms with Crippen LogP contribution >= 0.6 is 0 Å². The molecule has 4 rings (SSSR count). The predicted octanol–water partition coefficient (Wildman–Crippen LogP) is 6.97. The average molecular weight is 342 g/mol. The molecule has 0 saturated carbocycles. The highest BCUT2D eigenvalue weighted by molar-refractivity contribution is 5.74. The molecular weight excluding hydrogens is 326 g/mol. The lowest BCUT2D eigenvalue weighted by atomic mass is 9.97. The van der Waals surface area contributed by atoms with Gasteiger partial charge in [0.1, 0.15) is 11.6 Å². The fourth-order valence-electron chi connectivity index (χ4n) is 3.09. The van der Waals surface area contributed by atoms with Crippen LogP contribution in [0.2, 0.25) is 0 Å². The summed E-state index contributed by atoms with van der Waals surface area (Å²) in [5, 5.41) is 0. The van der Waals surface area contributed by atoms with Crippen molar-refractivity contribution in [2.75, 3.05) is 0 Å². The third-order valence-corrected chi connectivity index (χ3v) is 4.44. The molecular formula is C24H16F2. The van der Waals surface area contributed by atoms with E-state index in [1.165, 1.54) is 12.1 Å². The van der Waals surface area contributed by atoms with Crippen molar-refractivity contribution < 1.29 is 8.78 Å². The van der Waals surface area contributed by atoms with E-state index in [1.807, 2.05) is 72.8 Å². The van der Waals surface area contributed by atoms with Crippen molar-refractivity contribution in [1.29, 1.82) is 0 Å². The lowest BCUT2D eigenvalue weighted by Gasteiger charge is -2.10. The Bertz CT molecular complexity index is 951. The molecule has 0 heterocycles. The van der Waals surface area contributed by atoms with E-state index < -0.39 is 11.6 Å². The Balaban J connectivity index is 1.72. The first-order valence-corrected chi connectivity index (χ1v) is 8.43. The molecule has 126 valence electrons. The van der Waals surface area contributed by atoms with Crippen LogP contribution in [0.25, 0.3) is 33.4 Å². The van der Waals surface area contributed by atoms with E-state index >= 15 is 0 Å². The standard InChI is InChI=1S/C24H16F2/c25-23-15-19(17-7-3-1-4-8-17)11-13-21(23)22-14-12-20(16-24(22)26)18-9-5-2-6-10-18/h1-16H. The molecule has 0 fully saturated rings. The van der Waals surface area contributed by atoms with Gasteiger partial charge in [-0.1, -0.05) is 84.9 Å². The van der Waals surface area contributed by atoms with Gasteiger partial charge in [-0.15, -0.1) is 0 Å². The zero-order chi connectivity index (χ0) is 17.9. The fraction of sp³-hybridized carbons (Fsp3) is 0. The maximum absolute atomic E-state index is 14.7. The average Bonchev–Trinajstić information content (AvgIpc) is 2.69. The molecule has 0 atom stereocenters. The number of hydrogen-bond acceptors (Lipinski definition) is 0. The zero-order valence-electron chi connectivity index (χ0n) is 14.0. The van der Waals surface area contributed by atoms with E-state index in [-0.39, 0.29) is 11.1 Å². The Morgan fingerprint density at radius 1 is 0.385 bits per heavy atom. The third-order valence-electron chi connectivity index (χ3n) is 4.44. The van der Waals surface area contributed by atoms with Crippen LogP contribution in [0.15, 0.2) is 97.1 Å². The summed E-state index contributed by atoms with van der Waals surface area (Å²) >= 11 is 0. The van der Waals surface area contributed by atoms with Crippen LogP contribution in [-0.2, 0) is 0 Å². The fourth-order valence-corrected chi connectivity index (χ4v) is 3.09. The summed E-state index contributed by atoms with van der Waals surface area (Å²) in [6.07, 6.45) is 0. The molecule has 0 saturated heterocycles. The van der Waals surface area contributed by atoms with Gasteiger partial charge in [-0.05, 0) is 34.4 Å². The quantitative estimate of drug-likeness (QED) is 0.377. The van der Waals surface area contributed by atoms with E-state index in [0.29, 0.717) is 0 Å². The summed E-state index contributed by atoms with van der Waals surface area (Å²) < 4.78 is 29.3. The second-order valence-corrected chi connectivity index (χ2v) is 6.12. The molecule has 2 heteroatoms. The molecule has 0 nitrogen and oxygen atoms in total. The summed E-state index contributed by atoms with van der Waals surface area (Å²) in [5.74, 6) is -0.865. The molecule has 0 unspecified atom stereocenters. The molecule has 4 aromatic rings. The Labute approximate surface area is 151 Å². The van der Waals surface area contributed by atoms with Crippen molar-refractivity contribution in [2.45, 2.75) is 0 Å². The van der Waals surface area contributed by atoms with Crippen molar-refractivity contribution in [1.82, 2.24) is 0 Å². The predicted molar refractivity (Wildman–Crippen MR) is 103 cm³/mol. The highest BCUT2D eigenvalue weighted by Gasteiger charge is 2.12. The van der Waals surface area contributed by atoms with E-state index in [9.17, 15) is 8.78 Å². The molecule has 26 heavy (non-hydrogen) atoms. The van der Waals surface area contributed by atoms with Gasteiger partial charge in [0.2, 0.25) is 0 Å². The SMILES string of the molecule is Fc1cc(-c2ccccc2)ccc1-c1ccc(-c2ccccc2)cc1F. The van der Waals surface area contributed by atoms with Gasteiger partial charge in [0, 0.05) is 11.1 Å². The van der Waals surface area contributed by atoms with E-state index in [1.54, 1.807) is 12.1 Å². The van der Waals surface area contributed by atoms with Crippen LogP contribution in [0.1, 0.15) is 0 Å². The molecule has 0 aliphatic rings. The van der Waals surface area contributed by atoms with Crippen LogP contribution in [0, 0.1) is 11.6 Å². The zero-order valence-corrected chi connectivity index (χ0v) is 14.0. The minimum Gasteiger partial charge on any atom is -0.206 e. The smallest absolute Gasteiger partial charge is 0.131 e. The molecule has 0 aliphatic carbocycles. The number of benzene rings is 4. The highest BCUT2D eigenvalue weighted by Crippen LogP contribution is 2.32. The molecule has 0 aromatic heterocycles. The second-order valence-electron chi connectivity index (χ2n) is 6.12. The molecule has 0 radical (unpaired) electrons. The van der Waals surface area contributed by atoms with Crippen LogP contribution < -0.4 is 0 Å². The minimum absolute atomic E-state index is 0.266. The van der Waals surface area contributed by atoms with E-state index in [0.717, 1.165) is 22.3 Å². The summed E-state index contributed by atoms with van der Waals surface area (Å²) in [4.78, 5) is 0. The van der Waals surface area contributed by atoms with Crippen molar-refractivity contribution >= 4 is 0 Å². The van der Waals surface area contributed by atoms with Gasteiger partial charge < -0.3 is 0 Å². The Morgan fingerprint density at radius 2 is 0.769 bits per heavy atom. The Hall–Kier alpha value is -3.26. The minimum atomic E-state index is -0.433. The monoisotopic (exact) mass is 342 g/mol. The summed E-state index contributed by atoms with van der Waals surface area (Å²) in [7, 11) is 0. The largest absolute Gasteiger partial charge is 0.206 e. The first-order valence-electron chi connectivity index (χ1n) is 8.43. The first kappa shape index (κ1) is 16.2. The molecule has 0 amide bonds. The first-order chi connectivity index (χ1) is 12.7. The third kappa shape index (κ3) is 3.14. The summed E-state index contributed by atoms with van der Waals surface area (Å²) in [6, 6.07) is 29.0. The lowest BCUT2D eigenvalue weighted by Crippen LogP contribution is -1.91.